The van der Waals surface area contributed by atoms with E-state index in [2.05, 4.69) is 0 Å². The van der Waals surface area contributed by atoms with Crippen LogP contribution in [0.25, 0.3) is 12.2 Å². The summed E-state index contributed by atoms with van der Waals surface area (Å²) >= 11 is 0. The maximum absolute atomic E-state index is 13.8. The van der Waals surface area contributed by atoms with Crippen LogP contribution in [0.15, 0.2) is 12.1 Å². The number of hydrogen-bond acceptors (Lipinski definition) is 2. The van der Waals surface area contributed by atoms with Crippen molar-refractivity contribution >= 4 is 12.2 Å². The van der Waals surface area contributed by atoms with Gasteiger partial charge in [-0.2, -0.15) is 0 Å². The molecular weight excluding hydrogens is 355 g/mol. The molecule has 7 heteroatoms. The van der Waals surface area contributed by atoms with Crippen molar-refractivity contribution in [1.82, 2.24) is 0 Å². The molecule has 0 saturated heterocycles. The van der Waals surface area contributed by atoms with E-state index in [9.17, 15) is 22.0 Å². The molecule has 0 radical (unpaired) electrons. The molecule has 0 aliphatic carbocycles. The molecule has 0 aliphatic heterocycles. The van der Waals surface area contributed by atoms with Gasteiger partial charge in [0.05, 0.1) is 19.8 Å². The lowest BCUT2D eigenvalue weighted by atomic mass is 10.00. The summed E-state index contributed by atoms with van der Waals surface area (Å²) in [5, 5.41) is 0. The lowest BCUT2D eigenvalue weighted by Crippen LogP contribution is -2.04. The molecule has 0 aromatic heterocycles. The quantitative estimate of drug-likeness (QED) is 0.288. The minimum Gasteiger partial charge on any atom is -0.497 e. The molecule has 0 unspecified atom stereocenters. The van der Waals surface area contributed by atoms with Crippen LogP contribution in [0.4, 0.5) is 22.0 Å². The van der Waals surface area contributed by atoms with Crippen molar-refractivity contribution in [1.29, 1.82) is 0 Å². The molecule has 0 spiro atoms. The molecule has 2 nitrogen and oxygen atoms in total. The van der Waals surface area contributed by atoms with Gasteiger partial charge in [-0.3, -0.25) is 0 Å². The van der Waals surface area contributed by atoms with Crippen LogP contribution >= 0.6 is 0 Å². The normalized spacial score (nSPS) is 11.2. The van der Waals surface area contributed by atoms with E-state index in [0.29, 0.717) is 23.5 Å². The third kappa shape index (κ3) is 3.66. The molecule has 0 fully saturated rings. The Balaban J connectivity index is 2.61. The van der Waals surface area contributed by atoms with Gasteiger partial charge in [0.1, 0.15) is 11.5 Å². The van der Waals surface area contributed by atoms with Crippen molar-refractivity contribution in [2.45, 2.75) is 19.8 Å². The number of methoxy groups -OCH3 is 2. The Bertz CT molecular complexity index is 818. The lowest BCUT2D eigenvalue weighted by Gasteiger charge is -2.13. The molecule has 140 valence electrons. The summed E-state index contributed by atoms with van der Waals surface area (Å²) in [4.78, 5) is 0. The van der Waals surface area contributed by atoms with Crippen molar-refractivity contribution in [2.24, 2.45) is 0 Å². The van der Waals surface area contributed by atoms with E-state index in [1.165, 1.54) is 20.3 Å². The molecule has 0 bridgehead atoms. The zero-order valence-corrected chi connectivity index (χ0v) is 14.4. The number of rotatable bonds is 6. The Morgan fingerprint density at radius 2 is 1.38 bits per heavy atom. The third-order valence-electron chi connectivity index (χ3n) is 3.85. The van der Waals surface area contributed by atoms with Gasteiger partial charge in [-0.25, -0.2) is 22.0 Å². The van der Waals surface area contributed by atoms with E-state index in [0.717, 1.165) is 18.1 Å². The summed E-state index contributed by atoms with van der Waals surface area (Å²) < 4.78 is 77.9. The second-order valence-corrected chi connectivity index (χ2v) is 5.46. The molecule has 2 aromatic carbocycles. The summed E-state index contributed by atoms with van der Waals surface area (Å²) in [5.41, 5.74) is 0.216. The standard InChI is InChI=1S/C19H17F5O2/c1-4-5-12-10(8-11(25-2)9-14(12)26-3)6-7-13-15(20)17(22)19(24)18(23)16(13)21/h6-9H,4-5H2,1-3H3. The maximum Gasteiger partial charge on any atom is 0.200 e. The smallest absolute Gasteiger partial charge is 0.200 e. The van der Waals surface area contributed by atoms with Crippen LogP contribution in [-0.4, -0.2) is 14.2 Å². The number of ether oxygens (including phenoxy) is 2. The first-order valence-corrected chi connectivity index (χ1v) is 7.80. The van der Waals surface area contributed by atoms with E-state index in [-0.39, 0.29) is 0 Å². The Hall–Kier alpha value is -2.57. The average Bonchev–Trinajstić information content (AvgIpc) is 2.65. The highest BCUT2D eigenvalue weighted by Crippen LogP contribution is 2.32. The molecule has 2 aromatic rings. The van der Waals surface area contributed by atoms with E-state index in [1.54, 1.807) is 12.1 Å². The van der Waals surface area contributed by atoms with Gasteiger partial charge < -0.3 is 9.47 Å². The van der Waals surface area contributed by atoms with E-state index < -0.39 is 34.6 Å². The zero-order chi connectivity index (χ0) is 19.4. The third-order valence-corrected chi connectivity index (χ3v) is 3.85. The number of halogens is 5. The van der Waals surface area contributed by atoms with Gasteiger partial charge in [-0.15, -0.1) is 0 Å². The van der Waals surface area contributed by atoms with Crippen molar-refractivity contribution in [2.75, 3.05) is 14.2 Å². The molecule has 2 rings (SSSR count). The second-order valence-electron chi connectivity index (χ2n) is 5.46. The van der Waals surface area contributed by atoms with Gasteiger partial charge in [0.15, 0.2) is 23.3 Å². The molecule has 0 amide bonds. The lowest BCUT2D eigenvalue weighted by molar-refractivity contribution is 0.377. The van der Waals surface area contributed by atoms with Crippen LogP contribution in [0.1, 0.15) is 30.0 Å². The van der Waals surface area contributed by atoms with Crippen molar-refractivity contribution < 1.29 is 31.4 Å². The Morgan fingerprint density at radius 3 is 1.88 bits per heavy atom. The van der Waals surface area contributed by atoms with Crippen LogP contribution in [0.5, 0.6) is 11.5 Å². The van der Waals surface area contributed by atoms with Gasteiger partial charge in [0.25, 0.3) is 0 Å². The van der Waals surface area contributed by atoms with E-state index >= 15 is 0 Å². The van der Waals surface area contributed by atoms with Gasteiger partial charge in [-0.1, -0.05) is 19.4 Å². The fraction of sp³-hybridized carbons (Fsp3) is 0.263. The van der Waals surface area contributed by atoms with Crippen molar-refractivity contribution in [3.8, 4) is 11.5 Å². The topological polar surface area (TPSA) is 18.5 Å². The summed E-state index contributed by atoms with van der Waals surface area (Å²) in [7, 11) is 2.90. The van der Waals surface area contributed by atoms with Crippen LogP contribution in [0, 0.1) is 29.1 Å². The van der Waals surface area contributed by atoms with Crippen LogP contribution in [-0.2, 0) is 6.42 Å². The summed E-state index contributed by atoms with van der Waals surface area (Å²) in [6.07, 6.45) is 3.47. The first kappa shape index (κ1) is 19.8. The highest BCUT2D eigenvalue weighted by molar-refractivity contribution is 5.74. The SMILES string of the molecule is CCCc1c(C=Cc2c(F)c(F)c(F)c(F)c2F)cc(OC)cc1OC. The van der Waals surface area contributed by atoms with Crippen LogP contribution < -0.4 is 9.47 Å². The average molecular weight is 372 g/mol. The Kier molecular flexibility index (Phi) is 6.23. The van der Waals surface area contributed by atoms with Gasteiger partial charge in [0, 0.05) is 11.6 Å². The highest BCUT2D eigenvalue weighted by atomic mass is 19.2. The maximum atomic E-state index is 13.8. The molecule has 0 heterocycles. The predicted octanol–water partition coefficient (Wildman–Crippen LogP) is 5.52. The van der Waals surface area contributed by atoms with Crippen LogP contribution in [0.3, 0.4) is 0 Å². The first-order valence-electron chi connectivity index (χ1n) is 7.80. The number of hydrogen-bond donors (Lipinski definition) is 0. The largest absolute Gasteiger partial charge is 0.497 e. The van der Waals surface area contributed by atoms with Gasteiger partial charge in [-0.05, 0) is 24.1 Å². The molecule has 0 aliphatic rings. The van der Waals surface area contributed by atoms with Crippen LogP contribution in [0.2, 0.25) is 0 Å². The van der Waals surface area contributed by atoms with Gasteiger partial charge >= 0.3 is 0 Å². The Morgan fingerprint density at radius 1 is 0.808 bits per heavy atom. The molecule has 0 atom stereocenters. The monoisotopic (exact) mass is 372 g/mol. The minimum atomic E-state index is -2.19. The fourth-order valence-corrected chi connectivity index (χ4v) is 2.55. The van der Waals surface area contributed by atoms with Gasteiger partial charge in [0.2, 0.25) is 5.82 Å². The van der Waals surface area contributed by atoms with Crippen molar-refractivity contribution in [3.05, 3.63) is 57.9 Å². The minimum absolute atomic E-state index is 0.429. The molecule has 0 N–H and O–H groups in total. The summed E-state index contributed by atoms with van der Waals surface area (Å²) in [5.74, 6) is -9.00. The molecule has 0 saturated carbocycles. The fourth-order valence-electron chi connectivity index (χ4n) is 2.55. The Labute approximate surface area is 147 Å². The first-order chi connectivity index (χ1) is 12.3. The second kappa shape index (κ2) is 8.21. The zero-order valence-electron chi connectivity index (χ0n) is 14.4. The summed E-state index contributed by atoms with van der Waals surface area (Å²) in [6, 6.07) is 3.25. The summed E-state index contributed by atoms with van der Waals surface area (Å²) in [6.45, 7) is 1.93. The predicted molar refractivity (Wildman–Crippen MR) is 88.7 cm³/mol. The molecule has 26 heavy (non-hydrogen) atoms. The molecular formula is C19H17F5O2. The highest BCUT2D eigenvalue weighted by Gasteiger charge is 2.24. The van der Waals surface area contributed by atoms with E-state index in [4.69, 9.17) is 9.47 Å². The van der Waals surface area contributed by atoms with E-state index in [1.807, 2.05) is 6.92 Å². The number of benzene rings is 2. The van der Waals surface area contributed by atoms with Crippen molar-refractivity contribution in [3.63, 3.8) is 0 Å².